The van der Waals surface area contributed by atoms with Crippen LogP contribution in [0.1, 0.15) is 54.0 Å². The summed E-state index contributed by atoms with van der Waals surface area (Å²) < 4.78 is 3.83. The van der Waals surface area contributed by atoms with E-state index in [1.807, 2.05) is 83.1 Å². The van der Waals surface area contributed by atoms with Gasteiger partial charge in [0, 0.05) is 16.6 Å². The van der Waals surface area contributed by atoms with E-state index in [1.165, 1.54) is 4.90 Å². The molecule has 0 bridgehead atoms. The number of aryl methyl sites for hydroxylation is 2. The molecule has 1 atom stereocenters. The molecule has 7 heteroatoms. The van der Waals surface area contributed by atoms with Gasteiger partial charge in [0.2, 0.25) is 5.91 Å². The first-order valence-corrected chi connectivity index (χ1v) is 10.6. The third-order valence-corrected chi connectivity index (χ3v) is 4.94. The molecular weight excluding hydrogens is 396 g/mol. The third kappa shape index (κ3) is 5.10. The van der Waals surface area contributed by atoms with Gasteiger partial charge in [0.1, 0.15) is 6.04 Å². The van der Waals surface area contributed by atoms with E-state index in [9.17, 15) is 9.59 Å². The van der Waals surface area contributed by atoms with Crippen molar-refractivity contribution in [2.24, 2.45) is 0 Å². The van der Waals surface area contributed by atoms with Gasteiger partial charge in [-0.05, 0) is 69.4 Å². The summed E-state index contributed by atoms with van der Waals surface area (Å²) >= 11 is 1.10. The summed E-state index contributed by atoms with van der Waals surface area (Å²) in [5.41, 5.74) is 3.11. The lowest BCUT2D eigenvalue weighted by molar-refractivity contribution is -0.123. The van der Waals surface area contributed by atoms with Gasteiger partial charge in [0.25, 0.3) is 5.91 Å². The van der Waals surface area contributed by atoms with Crippen LogP contribution < -0.4 is 10.2 Å². The van der Waals surface area contributed by atoms with Crippen molar-refractivity contribution in [3.63, 3.8) is 0 Å². The maximum Gasteiger partial charge on any atom is 0.280 e. The zero-order valence-electron chi connectivity index (χ0n) is 17.8. The number of rotatable bonds is 5. The Bertz CT molecular complexity index is 1040. The van der Waals surface area contributed by atoms with Gasteiger partial charge in [-0.15, -0.1) is 5.10 Å². The Morgan fingerprint density at radius 2 is 1.70 bits per heavy atom. The molecule has 30 heavy (non-hydrogen) atoms. The van der Waals surface area contributed by atoms with E-state index in [1.54, 1.807) is 5.38 Å². The van der Waals surface area contributed by atoms with Gasteiger partial charge in [-0.25, -0.2) is 0 Å². The van der Waals surface area contributed by atoms with E-state index >= 15 is 0 Å². The van der Waals surface area contributed by atoms with E-state index in [4.69, 9.17) is 0 Å². The highest BCUT2D eigenvalue weighted by molar-refractivity contribution is 7.03. The molecule has 0 saturated heterocycles. The number of nitrogens with one attached hydrogen (secondary N) is 1. The highest BCUT2D eigenvalue weighted by Crippen LogP contribution is 2.31. The van der Waals surface area contributed by atoms with Gasteiger partial charge in [0.15, 0.2) is 5.69 Å². The van der Waals surface area contributed by atoms with E-state index in [-0.39, 0.29) is 17.5 Å². The molecule has 1 unspecified atom stereocenters. The molecule has 0 fully saturated rings. The first-order chi connectivity index (χ1) is 14.2. The molecule has 0 spiro atoms. The second-order valence-corrected chi connectivity index (χ2v) is 8.97. The Balaban J connectivity index is 2.19. The maximum atomic E-state index is 13.5. The van der Waals surface area contributed by atoms with Crippen LogP contribution in [0.5, 0.6) is 0 Å². The Labute approximate surface area is 181 Å². The summed E-state index contributed by atoms with van der Waals surface area (Å²) in [5, 5.41) is 8.59. The first kappa shape index (κ1) is 21.6. The molecule has 6 nitrogen and oxygen atoms in total. The lowest BCUT2D eigenvalue weighted by Crippen LogP contribution is -2.49. The molecule has 0 aliphatic rings. The van der Waals surface area contributed by atoms with Crippen LogP contribution in [-0.4, -0.2) is 26.9 Å². The number of carbonyl (C=O) groups is 2. The number of anilines is 1. The zero-order chi connectivity index (χ0) is 21.9. The van der Waals surface area contributed by atoms with E-state index in [0.717, 1.165) is 28.2 Å². The molecule has 2 amide bonds. The van der Waals surface area contributed by atoms with Crippen molar-refractivity contribution >= 4 is 29.0 Å². The van der Waals surface area contributed by atoms with Gasteiger partial charge in [0.05, 0.1) is 0 Å². The number of hydrogen-bond donors (Lipinski definition) is 1. The van der Waals surface area contributed by atoms with Crippen molar-refractivity contribution in [1.29, 1.82) is 0 Å². The summed E-state index contributed by atoms with van der Waals surface area (Å²) in [4.78, 5) is 28.6. The van der Waals surface area contributed by atoms with Crippen molar-refractivity contribution < 1.29 is 9.59 Å². The fourth-order valence-electron chi connectivity index (χ4n) is 3.24. The van der Waals surface area contributed by atoms with Gasteiger partial charge >= 0.3 is 0 Å². The number of hydrogen-bond acceptors (Lipinski definition) is 5. The van der Waals surface area contributed by atoms with E-state index in [0.29, 0.717) is 5.69 Å². The second-order valence-electron chi connectivity index (χ2n) is 8.36. The predicted molar refractivity (Wildman–Crippen MR) is 120 cm³/mol. The van der Waals surface area contributed by atoms with Crippen molar-refractivity contribution in [3.8, 4) is 0 Å². The smallest absolute Gasteiger partial charge is 0.280 e. The average Bonchev–Trinajstić information content (AvgIpc) is 3.18. The lowest BCUT2D eigenvalue weighted by Gasteiger charge is -2.33. The van der Waals surface area contributed by atoms with Crippen molar-refractivity contribution in [3.05, 3.63) is 76.3 Å². The standard InChI is InChI=1S/C23H26N4O2S/c1-15-8-6-10-17(12-15)20(21(28)24-23(3,4)5)27(18-11-7-9-16(2)13-18)22(29)19-14-30-26-25-19/h6-14,20H,1-5H3,(H,24,28). The Morgan fingerprint density at radius 1 is 1.03 bits per heavy atom. The average molecular weight is 423 g/mol. The molecule has 156 valence electrons. The molecule has 0 radical (unpaired) electrons. The molecule has 0 aliphatic heterocycles. The number of benzene rings is 2. The SMILES string of the molecule is Cc1cccc(C(C(=O)NC(C)(C)C)N(C(=O)c2csnn2)c2cccc(C)c2)c1. The number of aromatic nitrogens is 2. The van der Waals surface area contributed by atoms with Gasteiger partial charge in [-0.2, -0.15) is 0 Å². The highest BCUT2D eigenvalue weighted by atomic mass is 32.1. The van der Waals surface area contributed by atoms with Crippen molar-refractivity contribution in [1.82, 2.24) is 14.9 Å². The summed E-state index contributed by atoms with van der Waals surface area (Å²) in [5.74, 6) is -0.629. The topological polar surface area (TPSA) is 75.2 Å². The van der Waals surface area contributed by atoms with Gasteiger partial charge in [-0.3, -0.25) is 14.5 Å². The fraction of sp³-hybridized carbons (Fsp3) is 0.304. The summed E-state index contributed by atoms with van der Waals surface area (Å²) in [6, 6.07) is 14.4. The number of nitrogens with zero attached hydrogens (tertiary/aromatic N) is 3. The lowest BCUT2D eigenvalue weighted by atomic mass is 9.99. The van der Waals surface area contributed by atoms with Crippen molar-refractivity contribution in [2.75, 3.05) is 4.90 Å². The molecule has 0 aliphatic carbocycles. The molecule has 1 aromatic heterocycles. The second kappa shape index (κ2) is 8.75. The molecule has 3 aromatic rings. The minimum atomic E-state index is -0.861. The van der Waals surface area contributed by atoms with Crippen LogP contribution in [0.3, 0.4) is 0 Å². The van der Waals surface area contributed by atoms with E-state index in [2.05, 4.69) is 14.9 Å². The van der Waals surface area contributed by atoms with Crippen LogP contribution in [0.4, 0.5) is 5.69 Å². The van der Waals surface area contributed by atoms with Gasteiger partial charge in [-0.1, -0.05) is 46.4 Å². The van der Waals surface area contributed by atoms with Gasteiger partial charge < -0.3 is 5.32 Å². The highest BCUT2D eigenvalue weighted by Gasteiger charge is 2.35. The quantitative estimate of drug-likeness (QED) is 0.659. The summed E-state index contributed by atoms with van der Waals surface area (Å²) in [6.07, 6.45) is 0. The molecule has 0 saturated carbocycles. The molecule has 1 N–H and O–H groups in total. The first-order valence-electron chi connectivity index (χ1n) is 9.71. The zero-order valence-corrected chi connectivity index (χ0v) is 18.7. The summed E-state index contributed by atoms with van der Waals surface area (Å²) in [6.45, 7) is 9.67. The fourth-order valence-corrected chi connectivity index (χ4v) is 3.67. The normalized spacial score (nSPS) is 12.3. The third-order valence-electron chi connectivity index (χ3n) is 4.44. The number of amides is 2. The molecule has 2 aromatic carbocycles. The van der Waals surface area contributed by atoms with Crippen molar-refractivity contribution in [2.45, 2.75) is 46.2 Å². The van der Waals surface area contributed by atoms with Crippen LogP contribution in [0, 0.1) is 13.8 Å². The molecule has 1 heterocycles. The predicted octanol–water partition coefficient (Wildman–Crippen LogP) is 4.46. The Hall–Kier alpha value is -3.06. The van der Waals surface area contributed by atoms with E-state index < -0.39 is 11.6 Å². The van der Waals surface area contributed by atoms with Crippen LogP contribution in [0.15, 0.2) is 53.9 Å². The van der Waals surface area contributed by atoms with Crippen LogP contribution in [0.25, 0.3) is 0 Å². The maximum absolute atomic E-state index is 13.5. The summed E-state index contributed by atoms with van der Waals surface area (Å²) in [7, 11) is 0. The molecule has 3 rings (SSSR count). The minimum Gasteiger partial charge on any atom is -0.349 e. The van der Waals surface area contributed by atoms with Crippen LogP contribution >= 0.6 is 11.5 Å². The Morgan fingerprint density at radius 3 is 2.27 bits per heavy atom. The Kier molecular flexibility index (Phi) is 6.31. The number of carbonyl (C=O) groups excluding carboxylic acids is 2. The largest absolute Gasteiger partial charge is 0.349 e. The van der Waals surface area contributed by atoms with Crippen LogP contribution in [-0.2, 0) is 4.79 Å². The minimum absolute atomic E-state index is 0.211. The monoisotopic (exact) mass is 422 g/mol. The van der Waals surface area contributed by atoms with Crippen LogP contribution in [0.2, 0.25) is 0 Å². The molecular formula is C23H26N4O2S.